The smallest absolute Gasteiger partial charge is 0.254 e. The van der Waals surface area contributed by atoms with Gasteiger partial charge in [0.1, 0.15) is 5.69 Å². The lowest BCUT2D eigenvalue weighted by atomic mass is 10.0. The number of benzene rings is 2. The van der Waals surface area contributed by atoms with E-state index in [-0.39, 0.29) is 17.7 Å². The lowest BCUT2D eigenvalue weighted by Crippen LogP contribution is -2.40. The van der Waals surface area contributed by atoms with Crippen LogP contribution in [0.2, 0.25) is 0 Å². The van der Waals surface area contributed by atoms with E-state index in [1.807, 2.05) is 73.3 Å². The number of carbonyl (C=O) groups is 2. The van der Waals surface area contributed by atoms with Crippen molar-refractivity contribution in [2.75, 3.05) is 31.6 Å². The van der Waals surface area contributed by atoms with Crippen molar-refractivity contribution in [3.8, 4) is 33.8 Å². The molecule has 1 fully saturated rings. The molecule has 0 atom stereocenters. The fourth-order valence-electron chi connectivity index (χ4n) is 5.61. The summed E-state index contributed by atoms with van der Waals surface area (Å²) in [7, 11) is 0. The fourth-order valence-corrected chi connectivity index (χ4v) is 5.61. The normalized spacial score (nSPS) is 13.5. The second-order valence-electron chi connectivity index (χ2n) is 11.6. The van der Waals surface area contributed by atoms with Crippen LogP contribution in [-0.4, -0.2) is 73.2 Å². The number of rotatable bonds is 7. The monoisotopic (exact) mass is 600 g/mol. The first-order chi connectivity index (χ1) is 21.9. The number of fused-ring (bicyclic) bond motifs is 2. The average Bonchev–Trinajstić information content (AvgIpc) is 3.68. The summed E-state index contributed by atoms with van der Waals surface area (Å²) in [4.78, 5) is 44.4. The molecular formula is C34H32N8O3. The largest absolute Gasteiger partial charge is 0.378 e. The van der Waals surface area contributed by atoms with Crippen molar-refractivity contribution in [1.29, 1.82) is 0 Å². The van der Waals surface area contributed by atoms with E-state index < -0.39 is 0 Å². The first-order valence-corrected chi connectivity index (χ1v) is 15.0. The first kappa shape index (κ1) is 28.4. The van der Waals surface area contributed by atoms with Gasteiger partial charge in [-0.2, -0.15) is 5.10 Å². The number of anilines is 1. The summed E-state index contributed by atoms with van der Waals surface area (Å²) in [5.41, 5.74) is 7.80. The van der Waals surface area contributed by atoms with E-state index in [1.54, 1.807) is 18.6 Å². The van der Waals surface area contributed by atoms with E-state index in [2.05, 4.69) is 30.5 Å². The number of nitrogens with one attached hydrogen (secondary N) is 3. The molecule has 0 spiro atoms. The molecule has 226 valence electrons. The summed E-state index contributed by atoms with van der Waals surface area (Å²) in [6.07, 6.45) is 5.57. The van der Waals surface area contributed by atoms with Gasteiger partial charge in [-0.1, -0.05) is 38.1 Å². The highest BCUT2D eigenvalue weighted by Crippen LogP contribution is 2.33. The first-order valence-electron chi connectivity index (χ1n) is 15.0. The lowest BCUT2D eigenvalue weighted by molar-refractivity contribution is -0.116. The molecule has 11 nitrogen and oxygen atoms in total. The standard InChI is InChI=1S/C34H32N8O3/c1-20(2)14-29(43)37-25-15-23(17-35-19-25)24-16-27-31(40-41-32(27)36-18-24)33-38-28-5-3-4-26(30(28)39-33)21-6-8-22(9-7-21)34(44)42-10-12-45-13-11-42/h3-9,15-20H,10-14H2,1-2H3,(H,37,43)(H,38,39)(H,36,40,41). The van der Waals surface area contributed by atoms with Gasteiger partial charge in [0, 0.05) is 54.2 Å². The van der Waals surface area contributed by atoms with E-state index >= 15 is 0 Å². The third kappa shape index (κ3) is 5.77. The second kappa shape index (κ2) is 11.9. The van der Waals surface area contributed by atoms with Crippen LogP contribution in [0, 0.1) is 5.92 Å². The number of carbonyl (C=O) groups excluding carboxylic acids is 2. The molecular weight excluding hydrogens is 568 g/mol. The number of morpholine rings is 1. The topological polar surface area (TPSA) is 142 Å². The number of imidazole rings is 1. The van der Waals surface area contributed by atoms with Crippen molar-refractivity contribution < 1.29 is 14.3 Å². The summed E-state index contributed by atoms with van der Waals surface area (Å²) in [5, 5.41) is 11.3. The number of pyridine rings is 2. The number of amides is 2. The molecule has 7 rings (SSSR count). The SMILES string of the molecule is CC(C)CC(=O)Nc1cncc(-c2cnc3n[nH]c(-c4nc5c(-c6ccc(C(=O)N7CCOCC7)cc6)cccc5[nH]4)c3c2)c1. The Balaban J connectivity index is 1.19. The molecule has 1 aliphatic heterocycles. The van der Waals surface area contributed by atoms with Crippen LogP contribution in [0.3, 0.4) is 0 Å². The predicted octanol–water partition coefficient (Wildman–Crippen LogP) is 5.69. The maximum atomic E-state index is 12.9. The van der Waals surface area contributed by atoms with Crippen LogP contribution >= 0.6 is 0 Å². The van der Waals surface area contributed by atoms with Gasteiger partial charge in [0.15, 0.2) is 11.5 Å². The van der Waals surface area contributed by atoms with Crippen molar-refractivity contribution in [1.82, 2.24) is 35.0 Å². The molecule has 2 amide bonds. The molecule has 0 saturated carbocycles. The van der Waals surface area contributed by atoms with Gasteiger partial charge in [-0.05, 0) is 41.8 Å². The minimum absolute atomic E-state index is 0.0163. The number of H-pyrrole nitrogens is 2. The molecule has 5 heterocycles. The minimum Gasteiger partial charge on any atom is -0.378 e. The third-order valence-corrected chi connectivity index (χ3v) is 7.85. The zero-order valence-electron chi connectivity index (χ0n) is 25.0. The Hall–Kier alpha value is -5.42. The molecule has 45 heavy (non-hydrogen) atoms. The van der Waals surface area contributed by atoms with Gasteiger partial charge in [-0.25, -0.2) is 9.97 Å². The van der Waals surface area contributed by atoms with E-state index in [1.165, 1.54) is 0 Å². The van der Waals surface area contributed by atoms with Crippen LogP contribution in [0.5, 0.6) is 0 Å². The molecule has 0 unspecified atom stereocenters. The van der Waals surface area contributed by atoms with Gasteiger partial charge in [0.05, 0.1) is 41.5 Å². The Bertz CT molecular complexity index is 2020. The maximum Gasteiger partial charge on any atom is 0.254 e. The molecule has 1 saturated heterocycles. The van der Waals surface area contributed by atoms with Crippen molar-refractivity contribution >= 4 is 39.6 Å². The van der Waals surface area contributed by atoms with Crippen molar-refractivity contribution in [2.45, 2.75) is 20.3 Å². The van der Waals surface area contributed by atoms with Gasteiger partial charge in [-0.3, -0.25) is 19.7 Å². The van der Waals surface area contributed by atoms with E-state index in [0.717, 1.165) is 38.7 Å². The molecule has 6 aromatic rings. The zero-order valence-corrected chi connectivity index (χ0v) is 25.0. The molecule has 1 aliphatic rings. The number of hydrogen-bond donors (Lipinski definition) is 3. The molecule has 3 N–H and O–H groups in total. The Morgan fingerprint density at radius 3 is 2.58 bits per heavy atom. The Kier molecular flexibility index (Phi) is 7.52. The van der Waals surface area contributed by atoms with Gasteiger partial charge in [0.2, 0.25) is 5.91 Å². The van der Waals surface area contributed by atoms with Crippen LogP contribution < -0.4 is 5.32 Å². The lowest BCUT2D eigenvalue weighted by Gasteiger charge is -2.26. The Labute approximate surface area is 259 Å². The quantitative estimate of drug-likeness (QED) is 0.214. The summed E-state index contributed by atoms with van der Waals surface area (Å²) < 4.78 is 5.38. The second-order valence-corrected chi connectivity index (χ2v) is 11.6. The van der Waals surface area contributed by atoms with Crippen molar-refractivity contribution in [3.05, 3.63) is 78.8 Å². The van der Waals surface area contributed by atoms with Crippen molar-refractivity contribution in [3.63, 3.8) is 0 Å². The minimum atomic E-state index is -0.0451. The number of nitrogens with zero attached hydrogens (tertiary/aromatic N) is 5. The summed E-state index contributed by atoms with van der Waals surface area (Å²) in [6.45, 7) is 6.37. The van der Waals surface area contributed by atoms with Crippen LogP contribution in [0.4, 0.5) is 5.69 Å². The van der Waals surface area contributed by atoms with Gasteiger partial charge >= 0.3 is 0 Å². The summed E-state index contributed by atoms with van der Waals surface area (Å²) >= 11 is 0. The van der Waals surface area contributed by atoms with E-state index in [4.69, 9.17) is 9.72 Å². The average molecular weight is 601 g/mol. The van der Waals surface area contributed by atoms with E-state index in [0.29, 0.717) is 61.1 Å². The summed E-state index contributed by atoms with van der Waals surface area (Å²) in [6, 6.07) is 17.5. The predicted molar refractivity (Wildman–Crippen MR) is 172 cm³/mol. The molecule has 11 heteroatoms. The van der Waals surface area contributed by atoms with E-state index in [9.17, 15) is 9.59 Å². The van der Waals surface area contributed by atoms with Crippen LogP contribution in [0.1, 0.15) is 30.6 Å². The number of hydrogen-bond acceptors (Lipinski definition) is 7. The molecule has 4 aromatic heterocycles. The fraction of sp³-hybridized carbons (Fsp3) is 0.235. The van der Waals surface area contributed by atoms with Gasteiger partial charge in [0.25, 0.3) is 5.91 Å². The Morgan fingerprint density at radius 2 is 1.78 bits per heavy atom. The molecule has 0 bridgehead atoms. The Morgan fingerprint density at radius 1 is 0.978 bits per heavy atom. The number of para-hydroxylation sites is 1. The van der Waals surface area contributed by atoms with Crippen molar-refractivity contribution in [2.24, 2.45) is 5.92 Å². The highest BCUT2D eigenvalue weighted by molar-refractivity contribution is 5.99. The number of aromatic amines is 2. The third-order valence-electron chi connectivity index (χ3n) is 7.85. The maximum absolute atomic E-state index is 12.9. The van der Waals surface area contributed by atoms with Crippen LogP contribution in [-0.2, 0) is 9.53 Å². The van der Waals surface area contributed by atoms with Crippen LogP contribution in [0.15, 0.2) is 73.2 Å². The van der Waals surface area contributed by atoms with Gasteiger partial charge < -0.3 is 19.9 Å². The van der Waals surface area contributed by atoms with Gasteiger partial charge in [-0.15, -0.1) is 0 Å². The molecule has 2 aromatic carbocycles. The molecule has 0 aliphatic carbocycles. The van der Waals surface area contributed by atoms with Crippen LogP contribution in [0.25, 0.3) is 55.8 Å². The highest BCUT2D eigenvalue weighted by Gasteiger charge is 2.20. The number of ether oxygens (including phenoxy) is 1. The summed E-state index contributed by atoms with van der Waals surface area (Å²) in [5.74, 6) is 0.864. The molecule has 0 radical (unpaired) electrons. The zero-order chi connectivity index (χ0) is 30.9. The highest BCUT2D eigenvalue weighted by atomic mass is 16.5. The number of aromatic nitrogens is 6.